The standard InChI is InChI=1S/C23H27Cl2N3OS/c1-16-15-27(11-12-28(16)21-7-5-6-19(24)23(21)25)10-3-4-13-29-18-8-9-22-20(14-18)26-17(2)30-22/h5-9,14,16H,3-4,10-13,15H2,1-2H3/t16-/m0/s1. The zero-order valence-electron chi connectivity index (χ0n) is 17.4. The Morgan fingerprint density at radius 2 is 2.03 bits per heavy atom. The highest BCUT2D eigenvalue weighted by atomic mass is 35.5. The van der Waals surface area contributed by atoms with Crippen LogP contribution in [-0.4, -0.2) is 48.7 Å². The molecule has 0 saturated carbocycles. The fraction of sp³-hybridized carbons (Fsp3) is 0.435. The molecular weight excluding hydrogens is 437 g/mol. The van der Waals surface area contributed by atoms with Gasteiger partial charge in [0.1, 0.15) is 5.75 Å². The number of rotatable bonds is 7. The maximum absolute atomic E-state index is 6.43. The number of hydrogen-bond donors (Lipinski definition) is 0. The van der Waals surface area contributed by atoms with Crippen LogP contribution >= 0.6 is 34.5 Å². The van der Waals surface area contributed by atoms with Crippen molar-refractivity contribution in [1.82, 2.24) is 9.88 Å². The van der Waals surface area contributed by atoms with Crippen molar-refractivity contribution in [3.05, 3.63) is 51.5 Å². The molecular formula is C23H27Cl2N3OS. The van der Waals surface area contributed by atoms with Gasteiger partial charge >= 0.3 is 0 Å². The van der Waals surface area contributed by atoms with Crippen LogP contribution in [0, 0.1) is 6.92 Å². The molecule has 1 atom stereocenters. The molecule has 1 aliphatic rings. The van der Waals surface area contributed by atoms with E-state index in [-0.39, 0.29) is 0 Å². The predicted molar refractivity (Wildman–Crippen MR) is 129 cm³/mol. The lowest BCUT2D eigenvalue weighted by Crippen LogP contribution is -2.52. The van der Waals surface area contributed by atoms with Gasteiger partial charge in [0.25, 0.3) is 0 Å². The highest BCUT2D eigenvalue weighted by Crippen LogP contribution is 2.34. The minimum atomic E-state index is 0.402. The maximum Gasteiger partial charge on any atom is 0.121 e. The van der Waals surface area contributed by atoms with Crippen molar-refractivity contribution in [2.24, 2.45) is 0 Å². The summed E-state index contributed by atoms with van der Waals surface area (Å²) in [7, 11) is 0. The number of thiazole rings is 1. The molecule has 7 heteroatoms. The fourth-order valence-corrected chi connectivity index (χ4v) is 5.26. The number of fused-ring (bicyclic) bond motifs is 1. The fourth-order valence-electron chi connectivity index (χ4n) is 4.05. The van der Waals surface area contributed by atoms with Gasteiger partial charge in [0.05, 0.1) is 37.6 Å². The Kier molecular flexibility index (Phi) is 7.04. The maximum atomic E-state index is 6.43. The molecule has 4 rings (SSSR count). The van der Waals surface area contributed by atoms with Crippen LogP contribution in [-0.2, 0) is 0 Å². The van der Waals surface area contributed by atoms with E-state index in [1.54, 1.807) is 11.3 Å². The van der Waals surface area contributed by atoms with Gasteiger partial charge < -0.3 is 9.64 Å². The van der Waals surface area contributed by atoms with Crippen LogP contribution in [0.1, 0.15) is 24.8 Å². The lowest BCUT2D eigenvalue weighted by molar-refractivity contribution is 0.216. The second-order valence-corrected chi connectivity index (χ2v) is 9.85. The third-order valence-corrected chi connectivity index (χ3v) is 7.32. The molecule has 1 aromatic heterocycles. The lowest BCUT2D eigenvalue weighted by atomic mass is 10.1. The van der Waals surface area contributed by atoms with Crippen LogP contribution in [0.5, 0.6) is 5.75 Å². The third kappa shape index (κ3) is 5.02. The molecule has 0 amide bonds. The molecule has 1 fully saturated rings. The molecule has 2 aromatic carbocycles. The van der Waals surface area contributed by atoms with E-state index in [4.69, 9.17) is 27.9 Å². The van der Waals surface area contributed by atoms with E-state index < -0.39 is 0 Å². The molecule has 1 saturated heterocycles. The van der Waals surface area contributed by atoms with Gasteiger partial charge in [-0.25, -0.2) is 4.98 Å². The number of hydrogen-bond acceptors (Lipinski definition) is 5. The first-order chi connectivity index (χ1) is 14.5. The molecule has 0 N–H and O–H groups in total. The molecule has 2 heterocycles. The molecule has 4 nitrogen and oxygen atoms in total. The zero-order valence-corrected chi connectivity index (χ0v) is 19.7. The van der Waals surface area contributed by atoms with E-state index in [9.17, 15) is 0 Å². The molecule has 0 spiro atoms. The second kappa shape index (κ2) is 9.73. The van der Waals surface area contributed by atoms with E-state index in [2.05, 4.69) is 33.8 Å². The van der Waals surface area contributed by atoms with Gasteiger partial charge in [-0.2, -0.15) is 0 Å². The minimum absolute atomic E-state index is 0.402. The van der Waals surface area contributed by atoms with Gasteiger partial charge in [-0.3, -0.25) is 4.90 Å². The van der Waals surface area contributed by atoms with E-state index in [0.29, 0.717) is 16.1 Å². The second-order valence-electron chi connectivity index (χ2n) is 7.83. The van der Waals surface area contributed by atoms with Gasteiger partial charge in [-0.15, -0.1) is 11.3 Å². The highest BCUT2D eigenvalue weighted by Gasteiger charge is 2.25. The number of unbranched alkanes of at least 4 members (excludes halogenated alkanes) is 1. The van der Waals surface area contributed by atoms with Crippen LogP contribution in [0.25, 0.3) is 10.2 Å². The molecule has 0 radical (unpaired) electrons. The molecule has 160 valence electrons. The SMILES string of the molecule is Cc1nc2cc(OCCCCN3CCN(c4cccc(Cl)c4Cl)[C@@H](C)C3)ccc2s1. The van der Waals surface area contributed by atoms with Crippen LogP contribution in [0.3, 0.4) is 0 Å². The Morgan fingerprint density at radius 3 is 2.87 bits per heavy atom. The summed E-state index contributed by atoms with van der Waals surface area (Å²) in [5, 5.41) is 2.37. The molecule has 30 heavy (non-hydrogen) atoms. The number of nitrogens with zero attached hydrogens (tertiary/aromatic N) is 3. The first-order valence-corrected chi connectivity index (χ1v) is 12.0. The average molecular weight is 464 g/mol. The van der Waals surface area contributed by atoms with Crippen molar-refractivity contribution < 1.29 is 4.74 Å². The Hall–Kier alpha value is -1.53. The number of ether oxygens (including phenoxy) is 1. The predicted octanol–water partition coefficient (Wildman–Crippen LogP) is 6.28. The average Bonchev–Trinajstić information content (AvgIpc) is 3.09. The Morgan fingerprint density at radius 1 is 1.17 bits per heavy atom. The normalized spacial score (nSPS) is 17.6. The van der Waals surface area contributed by atoms with E-state index in [1.165, 1.54) is 4.70 Å². The Balaban J connectivity index is 1.20. The van der Waals surface area contributed by atoms with Crippen molar-refractivity contribution >= 4 is 50.4 Å². The number of benzene rings is 2. The van der Waals surface area contributed by atoms with Crippen LogP contribution in [0.2, 0.25) is 10.0 Å². The van der Waals surface area contributed by atoms with Crippen molar-refractivity contribution in [1.29, 1.82) is 0 Å². The summed E-state index contributed by atoms with van der Waals surface area (Å²) in [6.45, 7) is 9.15. The van der Waals surface area contributed by atoms with Crippen LogP contribution in [0.15, 0.2) is 36.4 Å². The van der Waals surface area contributed by atoms with Gasteiger partial charge in [-0.05, 0) is 57.5 Å². The summed E-state index contributed by atoms with van der Waals surface area (Å²) in [5.41, 5.74) is 2.07. The number of aromatic nitrogens is 1. The quantitative estimate of drug-likeness (QED) is 0.385. The zero-order chi connectivity index (χ0) is 21.1. The molecule has 0 unspecified atom stereocenters. The Bertz CT molecular complexity index is 1010. The number of anilines is 1. The first kappa shape index (κ1) is 21.7. The Labute approximate surface area is 192 Å². The number of halogens is 2. The summed E-state index contributed by atoms with van der Waals surface area (Å²) in [5.74, 6) is 0.911. The molecule has 1 aliphatic heterocycles. The number of aryl methyl sites for hydroxylation is 1. The minimum Gasteiger partial charge on any atom is -0.494 e. The van der Waals surface area contributed by atoms with Crippen molar-refractivity contribution in [2.45, 2.75) is 32.7 Å². The first-order valence-electron chi connectivity index (χ1n) is 10.4. The molecule has 3 aromatic rings. The topological polar surface area (TPSA) is 28.6 Å². The van der Waals surface area contributed by atoms with Gasteiger partial charge in [0.2, 0.25) is 0 Å². The smallest absolute Gasteiger partial charge is 0.121 e. The highest BCUT2D eigenvalue weighted by molar-refractivity contribution is 7.18. The van der Waals surface area contributed by atoms with Gasteiger partial charge in [0, 0.05) is 31.7 Å². The summed E-state index contributed by atoms with van der Waals surface area (Å²) in [6, 6.07) is 12.5. The summed E-state index contributed by atoms with van der Waals surface area (Å²) in [6.07, 6.45) is 2.17. The number of piperazine rings is 1. The van der Waals surface area contributed by atoms with Gasteiger partial charge in [-0.1, -0.05) is 29.3 Å². The van der Waals surface area contributed by atoms with Crippen molar-refractivity contribution in [3.63, 3.8) is 0 Å². The summed E-state index contributed by atoms with van der Waals surface area (Å²) >= 11 is 14.3. The molecule has 0 aliphatic carbocycles. The summed E-state index contributed by atoms with van der Waals surface area (Å²) < 4.78 is 7.16. The van der Waals surface area contributed by atoms with E-state index in [1.807, 2.05) is 31.2 Å². The molecule has 0 bridgehead atoms. The van der Waals surface area contributed by atoms with Crippen molar-refractivity contribution in [3.8, 4) is 5.75 Å². The summed E-state index contributed by atoms with van der Waals surface area (Å²) in [4.78, 5) is 9.43. The van der Waals surface area contributed by atoms with E-state index in [0.717, 1.165) is 67.6 Å². The van der Waals surface area contributed by atoms with Crippen molar-refractivity contribution in [2.75, 3.05) is 37.7 Å². The van der Waals surface area contributed by atoms with Crippen LogP contribution in [0.4, 0.5) is 5.69 Å². The largest absolute Gasteiger partial charge is 0.494 e. The van der Waals surface area contributed by atoms with Gasteiger partial charge in [0.15, 0.2) is 0 Å². The van der Waals surface area contributed by atoms with Crippen LogP contribution < -0.4 is 9.64 Å². The lowest BCUT2D eigenvalue weighted by Gasteiger charge is -2.41. The third-order valence-electron chi connectivity index (χ3n) is 5.56. The van der Waals surface area contributed by atoms with E-state index >= 15 is 0 Å². The monoisotopic (exact) mass is 463 g/mol.